The van der Waals surface area contributed by atoms with Gasteiger partial charge in [0, 0.05) is 17.3 Å². The van der Waals surface area contributed by atoms with Crippen LogP contribution in [0.15, 0.2) is 78.9 Å². The number of para-hydroxylation sites is 1. The van der Waals surface area contributed by atoms with E-state index in [1.165, 1.54) is 0 Å². The van der Waals surface area contributed by atoms with Crippen molar-refractivity contribution in [2.75, 3.05) is 25.1 Å². The van der Waals surface area contributed by atoms with Gasteiger partial charge in [0.2, 0.25) is 0 Å². The van der Waals surface area contributed by atoms with Crippen LogP contribution < -0.4 is 19.5 Å². The lowest BCUT2D eigenvalue weighted by Gasteiger charge is -2.11. The summed E-state index contributed by atoms with van der Waals surface area (Å²) >= 11 is 0. The van der Waals surface area contributed by atoms with Crippen molar-refractivity contribution < 1.29 is 19.0 Å². The van der Waals surface area contributed by atoms with Crippen LogP contribution in [0, 0.1) is 5.92 Å². The fraction of sp³-hybridized carbons (Fsp3) is 0.240. The van der Waals surface area contributed by atoms with Crippen LogP contribution in [0.1, 0.15) is 24.2 Å². The Morgan fingerprint density at radius 2 is 1.40 bits per heavy atom. The maximum atomic E-state index is 12.6. The fourth-order valence-corrected chi connectivity index (χ4v) is 2.69. The Bertz CT molecular complexity index is 941. The molecule has 0 saturated carbocycles. The van der Waals surface area contributed by atoms with E-state index < -0.39 is 0 Å². The second kappa shape index (κ2) is 10.9. The molecule has 3 rings (SSSR count). The molecule has 0 atom stereocenters. The summed E-state index contributed by atoms with van der Waals surface area (Å²) in [5, 5.41) is 2.90. The topological polar surface area (TPSA) is 56.8 Å². The van der Waals surface area contributed by atoms with Crippen molar-refractivity contribution >= 4 is 11.6 Å². The first-order valence-electron chi connectivity index (χ1n) is 10.0. The number of hydrogen-bond acceptors (Lipinski definition) is 4. The van der Waals surface area contributed by atoms with Gasteiger partial charge in [-0.15, -0.1) is 0 Å². The van der Waals surface area contributed by atoms with Crippen molar-refractivity contribution in [3.05, 3.63) is 84.4 Å². The molecule has 3 aromatic carbocycles. The molecule has 5 heteroatoms. The van der Waals surface area contributed by atoms with Crippen LogP contribution in [0.4, 0.5) is 5.69 Å². The molecule has 0 aliphatic heterocycles. The minimum Gasteiger partial charge on any atom is -0.493 e. The van der Waals surface area contributed by atoms with Gasteiger partial charge in [-0.05, 0) is 48.4 Å². The van der Waals surface area contributed by atoms with Gasteiger partial charge in [-0.2, -0.15) is 0 Å². The highest BCUT2D eigenvalue weighted by Crippen LogP contribution is 2.20. The number of rotatable bonds is 10. The molecule has 30 heavy (non-hydrogen) atoms. The van der Waals surface area contributed by atoms with E-state index in [1.807, 2.05) is 60.7 Å². The third kappa shape index (κ3) is 6.85. The van der Waals surface area contributed by atoms with Crippen LogP contribution in [0.2, 0.25) is 0 Å². The number of hydrogen-bond donors (Lipinski definition) is 1. The summed E-state index contributed by atoms with van der Waals surface area (Å²) in [6.07, 6.45) is 0. The minimum absolute atomic E-state index is 0.206. The predicted octanol–water partition coefficient (Wildman–Crippen LogP) is 5.43. The lowest BCUT2D eigenvalue weighted by atomic mass is 10.2. The molecule has 3 aromatic rings. The zero-order chi connectivity index (χ0) is 21.2. The zero-order valence-corrected chi connectivity index (χ0v) is 17.3. The molecule has 0 fully saturated rings. The molecular formula is C25H27NO4. The Morgan fingerprint density at radius 1 is 0.767 bits per heavy atom. The second-order valence-electron chi connectivity index (χ2n) is 7.22. The molecule has 1 N–H and O–H groups in total. The first-order chi connectivity index (χ1) is 14.6. The number of benzene rings is 3. The van der Waals surface area contributed by atoms with E-state index >= 15 is 0 Å². The van der Waals surface area contributed by atoms with Gasteiger partial charge in [-0.25, -0.2) is 0 Å². The summed E-state index contributed by atoms with van der Waals surface area (Å²) < 4.78 is 17.0. The fourth-order valence-electron chi connectivity index (χ4n) is 2.69. The highest BCUT2D eigenvalue weighted by molar-refractivity contribution is 6.04. The molecule has 156 valence electrons. The van der Waals surface area contributed by atoms with Gasteiger partial charge in [-0.3, -0.25) is 4.79 Å². The third-order valence-corrected chi connectivity index (χ3v) is 4.14. The number of ether oxygens (including phenoxy) is 3. The van der Waals surface area contributed by atoms with E-state index in [0.717, 1.165) is 11.5 Å². The van der Waals surface area contributed by atoms with Crippen molar-refractivity contribution in [3.63, 3.8) is 0 Å². The van der Waals surface area contributed by atoms with Crippen LogP contribution in [0.25, 0.3) is 0 Å². The largest absolute Gasteiger partial charge is 0.493 e. The average molecular weight is 405 g/mol. The standard InChI is InChI=1S/C25H27NO4/c1-19(2)18-30-24-13-7-9-21(17-24)26-25(27)20-8-6-12-23(16-20)29-15-14-28-22-10-4-3-5-11-22/h3-13,16-17,19H,14-15,18H2,1-2H3,(H,26,27). The Labute approximate surface area is 177 Å². The molecule has 1 amide bonds. The second-order valence-corrected chi connectivity index (χ2v) is 7.22. The SMILES string of the molecule is CC(C)COc1cccc(NC(=O)c2cccc(OCCOc3ccccc3)c2)c1. The smallest absolute Gasteiger partial charge is 0.255 e. The number of carbonyl (C=O) groups excluding carboxylic acids is 1. The van der Waals surface area contributed by atoms with Crippen molar-refractivity contribution in [1.29, 1.82) is 0 Å². The summed E-state index contributed by atoms with van der Waals surface area (Å²) in [5.41, 5.74) is 1.20. The van der Waals surface area contributed by atoms with E-state index in [1.54, 1.807) is 18.2 Å². The molecule has 0 aliphatic carbocycles. The van der Waals surface area contributed by atoms with Gasteiger partial charge >= 0.3 is 0 Å². The molecular weight excluding hydrogens is 378 g/mol. The molecule has 0 spiro atoms. The monoisotopic (exact) mass is 405 g/mol. The van der Waals surface area contributed by atoms with E-state index in [2.05, 4.69) is 19.2 Å². The first kappa shape index (κ1) is 21.2. The van der Waals surface area contributed by atoms with Crippen LogP contribution in [-0.2, 0) is 0 Å². The molecule has 5 nitrogen and oxygen atoms in total. The Balaban J connectivity index is 1.52. The first-order valence-corrected chi connectivity index (χ1v) is 10.0. The lowest BCUT2D eigenvalue weighted by Crippen LogP contribution is -2.13. The summed E-state index contributed by atoms with van der Waals surface area (Å²) in [4.78, 5) is 12.6. The van der Waals surface area contributed by atoms with E-state index in [9.17, 15) is 4.79 Å². The van der Waals surface area contributed by atoms with E-state index in [4.69, 9.17) is 14.2 Å². The maximum Gasteiger partial charge on any atom is 0.255 e. The van der Waals surface area contributed by atoms with Gasteiger partial charge in [0.25, 0.3) is 5.91 Å². The molecule has 0 bridgehead atoms. The van der Waals surface area contributed by atoms with Crippen molar-refractivity contribution in [1.82, 2.24) is 0 Å². The van der Waals surface area contributed by atoms with Gasteiger partial charge in [0.05, 0.1) is 6.61 Å². The van der Waals surface area contributed by atoms with E-state index in [-0.39, 0.29) is 5.91 Å². The summed E-state index contributed by atoms with van der Waals surface area (Å²) in [6.45, 7) is 5.62. The zero-order valence-electron chi connectivity index (χ0n) is 17.3. The van der Waals surface area contributed by atoms with Gasteiger partial charge in [0.15, 0.2) is 0 Å². The number of nitrogens with one attached hydrogen (secondary N) is 1. The average Bonchev–Trinajstić information content (AvgIpc) is 2.76. The normalized spacial score (nSPS) is 10.5. The van der Waals surface area contributed by atoms with Crippen LogP contribution >= 0.6 is 0 Å². The summed E-state index contributed by atoms with van der Waals surface area (Å²) in [6, 6.07) is 24.1. The lowest BCUT2D eigenvalue weighted by molar-refractivity contribution is 0.102. The quantitative estimate of drug-likeness (QED) is 0.457. The van der Waals surface area contributed by atoms with Crippen LogP contribution in [0.3, 0.4) is 0 Å². The Hall–Kier alpha value is -3.47. The van der Waals surface area contributed by atoms with E-state index in [0.29, 0.717) is 42.7 Å². The predicted molar refractivity (Wildman–Crippen MR) is 119 cm³/mol. The summed E-state index contributed by atoms with van der Waals surface area (Å²) in [7, 11) is 0. The molecule has 0 aromatic heterocycles. The van der Waals surface area contributed by atoms with Gasteiger partial charge in [0.1, 0.15) is 30.5 Å². The molecule has 0 saturated heterocycles. The van der Waals surface area contributed by atoms with Crippen LogP contribution in [-0.4, -0.2) is 25.7 Å². The minimum atomic E-state index is -0.206. The number of anilines is 1. The summed E-state index contributed by atoms with van der Waals surface area (Å²) in [5.74, 6) is 2.38. The third-order valence-electron chi connectivity index (χ3n) is 4.14. The maximum absolute atomic E-state index is 12.6. The number of carbonyl (C=O) groups is 1. The highest BCUT2D eigenvalue weighted by atomic mass is 16.5. The van der Waals surface area contributed by atoms with Crippen molar-refractivity contribution in [2.45, 2.75) is 13.8 Å². The van der Waals surface area contributed by atoms with Gasteiger partial charge in [-0.1, -0.05) is 44.2 Å². The Morgan fingerprint density at radius 3 is 2.13 bits per heavy atom. The van der Waals surface area contributed by atoms with Crippen LogP contribution in [0.5, 0.6) is 17.2 Å². The molecule has 0 unspecified atom stereocenters. The molecule has 0 radical (unpaired) electrons. The Kier molecular flexibility index (Phi) is 7.72. The highest BCUT2D eigenvalue weighted by Gasteiger charge is 2.08. The van der Waals surface area contributed by atoms with Gasteiger partial charge < -0.3 is 19.5 Å². The van der Waals surface area contributed by atoms with Crippen molar-refractivity contribution in [2.24, 2.45) is 5.92 Å². The molecule has 0 heterocycles. The van der Waals surface area contributed by atoms with Crippen molar-refractivity contribution in [3.8, 4) is 17.2 Å². The molecule has 0 aliphatic rings. The number of amides is 1.